The fourth-order valence-corrected chi connectivity index (χ4v) is 3.63. The van der Waals surface area contributed by atoms with E-state index in [2.05, 4.69) is 31.3 Å². The number of ether oxygens (including phenoxy) is 1. The smallest absolute Gasteiger partial charge is 0.282 e. The lowest BCUT2D eigenvalue weighted by Gasteiger charge is -2.10. The zero-order valence-corrected chi connectivity index (χ0v) is 20.2. The van der Waals surface area contributed by atoms with Crippen LogP contribution in [0.5, 0.6) is 5.75 Å². The molecule has 0 bridgehead atoms. The number of non-ortho nitro benzene ring substituents is 1. The third-order valence-corrected chi connectivity index (χ3v) is 5.47. The average Bonchev–Trinajstić information content (AvgIpc) is 2.85. The summed E-state index contributed by atoms with van der Waals surface area (Å²) in [6.45, 7) is 1.17. The van der Waals surface area contributed by atoms with Gasteiger partial charge in [0.05, 0.1) is 22.0 Å². The van der Waals surface area contributed by atoms with Crippen LogP contribution in [0.2, 0.25) is 0 Å². The third-order valence-electron chi connectivity index (χ3n) is 4.97. The molecular formula is C24H17BrFN5O5. The Labute approximate surface area is 211 Å². The molecule has 4 rings (SSSR count). The molecule has 0 saturated carbocycles. The summed E-state index contributed by atoms with van der Waals surface area (Å²) in [4.78, 5) is 40.3. The van der Waals surface area contributed by atoms with Gasteiger partial charge in [-0.05, 0) is 55.5 Å². The van der Waals surface area contributed by atoms with Gasteiger partial charge in [-0.15, -0.1) is 0 Å². The maximum Gasteiger partial charge on any atom is 0.282 e. The molecule has 1 aromatic heterocycles. The van der Waals surface area contributed by atoms with Crippen molar-refractivity contribution in [2.45, 2.75) is 6.92 Å². The first kappa shape index (κ1) is 24.7. The molecule has 36 heavy (non-hydrogen) atoms. The molecule has 0 radical (unpaired) electrons. The topological polar surface area (TPSA) is 129 Å². The number of carbonyl (C=O) groups is 1. The number of nitrogens with one attached hydrogen (secondary N) is 1. The molecule has 0 aliphatic carbocycles. The van der Waals surface area contributed by atoms with Gasteiger partial charge >= 0.3 is 0 Å². The van der Waals surface area contributed by atoms with E-state index in [1.807, 2.05) is 0 Å². The molecule has 0 aliphatic heterocycles. The Morgan fingerprint density at radius 3 is 2.69 bits per heavy atom. The van der Waals surface area contributed by atoms with Crippen molar-refractivity contribution in [3.63, 3.8) is 0 Å². The van der Waals surface area contributed by atoms with E-state index in [1.165, 1.54) is 48.7 Å². The number of hydrogen-bond acceptors (Lipinski definition) is 7. The summed E-state index contributed by atoms with van der Waals surface area (Å²) in [6.07, 6.45) is 1.22. The lowest BCUT2D eigenvalue weighted by Crippen LogP contribution is -2.21. The molecule has 10 nitrogen and oxygen atoms in total. The second-order valence-corrected chi connectivity index (χ2v) is 8.42. The number of hydrogen-bond donors (Lipinski definition) is 1. The minimum atomic E-state index is -0.588. The highest BCUT2D eigenvalue weighted by Crippen LogP contribution is 2.23. The van der Waals surface area contributed by atoms with Crippen LogP contribution < -0.4 is 15.6 Å². The van der Waals surface area contributed by atoms with Gasteiger partial charge in [0.25, 0.3) is 17.2 Å². The molecule has 1 amide bonds. The molecular weight excluding hydrogens is 537 g/mol. The highest BCUT2D eigenvalue weighted by atomic mass is 79.9. The van der Waals surface area contributed by atoms with Gasteiger partial charge < -0.3 is 10.1 Å². The van der Waals surface area contributed by atoms with E-state index in [0.29, 0.717) is 26.9 Å². The Kier molecular flexibility index (Phi) is 7.15. The number of aromatic nitrogens is 2. The van der Waals surface area contributed by atoms with Gasteiger partial charge in [-0.25, -0.2) is 9.37 Å². The standard InChI is InChI=1S/C24H17BrFN5O5/c1-14-28-21-8-2-16(25)11-20(21)24(33)30(14)27-12-15-10-19(31(34)35)7-9-22(15)36-13-23(32)29-18-5-3-17(26)4-6-18/h2-12H,13H2,1H3,(H,29,32). The van der Waals surface area contributed by atoms with Crippen molar-refractivity contribution in [2.75, 3.05) is 11.9 Å². The number of nitro benzene ring substituents is 1. The van der Waals surface area contributed by atoms with E-state index >= 15 is 0 Å². The number of benzene rings is 3. The highest BCUT2D eigenvalue weighted by molar-refractivity contribution is 9.10. The Hall–Kier alpha value is -4.45. The molecule has 0 spiro atoms. The number of nitro groups is 1. The van der Waals surface area contributed by atoms with E-state index < -0.39 is 28.8 Å². The second-order valence-electron chi connectivity index (χ2n) is 7.50. The molecule has 1 heterocycles. The van der Waals surface area contributed by atoms with Crippen molar-refractivity contribution in [2.24, 2.45) is 5.10 Å². The lowest BCUT2D eigenvalue weighted by molar-refractivity contribution is -0.384. The first-order valence-electron chi connectivity index (χ1n) is 10.4. The number of halogens is 2. The van der Waals surface area contributed by atoms with Gasteiger partial charge in [0.2, 0.25) is 0 Å². The van der Waals surface area contributed by atoms with Gasteiger partial charge in [-0.1, -0.05) is 15.9 Å². The number of amides is 1. The van der Waals surface area contributed by atoms with E-state index in [1.54, 1.807) is 25.1 Å². The molecule has 0 unspecified atom stereocenters. The summed E-state index contributed by atoms with van der Waals surface area (Å²) >= 11 is 3.33. The van der Waals surface area contributed by atoms with Crippen LogP contribution in [0.4, 0.5) is 15.8 Å². The van der Waals surface area contributed by atoms with Gasteiger partial charge in [0.15, 0.2) is 6.61 Å². The van der Waals surface area contributed by atoms with Crippen LogP contribution in [0.1, 0.15) is 11.4 Å². The minimum Gasteiger partial charge on any atom is -0.483 e. The van der Waals surface area contributed by atoms with Gasteiger partial charge in [0, 0.05) is 27.9 Å². The Morgan fingerprint density at radius 1 is 1.22 bits per heavy atom. The van der Waals surface area contributed by atoms with Crippen LogP contribution in [0.3, 0.4) is 0 Å². The number of anilines is 1. The molecule has 1 N–H and O–H groups in total. The van der Waals surface area contributed by atoms with Crippen LogP contribution in [-0.2, 0) is 4.79 Å². The molecule has 4 aromatic rings. The first-order chi connectivity index (χ1) is 17.2. The third kappa shape index (κ3) is 5.61. The summed E-state index contributed by atoms with van der Waals surface area (Å²) in [6, 6.07) is 14.0. The van der Waals surface area contributed by atoms with Crippen LogP contribution in [0.15, 0.2) is 75.0 Å². The quantitative estimate of drug-likeness (QED) is 0.205. The first-order valence-corrected chi connectivity index (χ1v) is 11.2. The van der Waals surface area contributed by atoms with Crippen molar-refractivity contribution < 1.29 is 18.8 Å². The lowest BCUT2D eigenvalue weighted by atomic mass is 10.2. The molecule has 182 valence electrons. The maximum atomic E-state index is 13.0. The Morgan fingerprint density at radius 2 is 1.97 bits per heavy atom. The molecule has 0 saturated heterocycles. The van der Waals surface area contributed by atoms with Crippen LogP contribution in [-0.4, -0.2) is 33.3 Å². The summed E-state index contributed by atoms with van der Waals surface area (Å²) in [7, 11) is 0. The van der Waals surface area contributed by atoms with E-state index in [0.717, 1.165) is 4.68 Å². The SMILES string of the molecule is Cc1nc2ccc(Br)cc2c(=O)n1N=Cc1cc([N+](=O)[O-])ccc1OCC(=O)Nc1ccc(F)cc1. The normalized spacial score (nSPS) is 11.1. The Bertz CT molecular complexity index is 1570. The average molecular weight is 554 g/mol. The second kappa shape index (κ2) is 10.4. The summed E-state index contributed by atoms with van der Waals surface area (Å²) in [5, 5.41) is 18.3. The van der Waals surface area contributed by atoms with E-state index in [4.69, 9.17) is 4.74 Å². The largest absolute Gasteiger partial charge is 0.483 e. The minimum absolute atomic E-state index is 0.126. The summed E-state index contributed by atoms with van der Waals surface area (Å²) in [5.74, 6) is -0.541. The number of carbonyl (C=O) groups excluding carboxylic acids is 1. The van der Waals surface area contributed by atoms with Gasteiger partial charge in [0.1, 0.15) is 17.4 Å². The van der Waals surface area contributed by atoms with Crippen molar-refractivity contribution in [3.05, 3.63) is 103 Å². The summed E-state index contributed by atoms with van der Waals surface area (Å²) < 4.78 is 20.4. The van der Waals surface area contributed by atoms with E-state index in [9.17, 15) is 24.1 Å². The molecule has 3 aromatic carbocycles. The molecule has 0 aliphatic rings. The molecule has 0 atom stereocenters. The van der Waals surface area contributed by atoms with Crippen molar-refractivity contribution in [1.82, 2.24) is 9.66 Å². The highest BCUT2D eigenvalue weighted by Gasteiger charge is 2.14. The summed E-state index contributed by atoms with van der Waals surface area (Å²) in [5.41, 5.74) is 0.379. The van der Waals surface area contributed by atoms with E-state index in [-0.39, 0.29) is 17.0 Å². The van der Waals surface area contributed by atoms with Crippen LogP contribution >= 0.6 is 15.9 Å². The van der Waals surface area contributed by atoms with Crippen LogP contribution in [0, 0.1) is 22.9 Å². The zero-order valence-electron chi connectivity index (χ0n) is 18.6. The maximum absolute atomic E-state index is 13.0. The van der Waals surface area contributed by atoms with Crippen molar-refractivity contribution in [3.8, 4) is 5.75 Å². The number of aryl methyl sites for hydroxylation is 1. The van der Waals surface area contributed by atoms with Crippen LogP contribution in [0.25, 0.3) is 10.9 Å². The van der Waals surface area contributed by atoms with Crippen molar-refractivity contribution in [1.29, 1.82) is 0 Å². The molecule has 0 fully saturated rings. The van der Waals surface area contributed by atoms with Gasteiger partial charge in [-0.2, -0.15) is 9.78 Å². The van der Waals surface area contributed by atoms with Crippen molar-refractivity contribution >= 4 is 50.3 Å². The molecule has 12 heteroatoms. The zero-order chi connectivity index (χ0) is 25.8. The number of rotatable bonds is 7. The predicted molar refractivity (Wildman–Crippen MR) is 135 cm³/mol. The fourth-order valence-electron chi connectivity index (χ4n) is 3.27. The van der Waals surface area contributed by atoms with Gasteiger partial charge in [-0.3, -0.25) is 19.7 Å². The number of nitrogens with zero attached hydrogens (tertiary/aromatic N) is 4. The Balaban J connectivity index is 1.61. The fraction of sp³-hybridized carbons (Fsp3) is 0.0833. The monoisotopic (exact) mass is 553 g/mol. The predicted octanol–water partition coefficient (Wildman–Crippen LogP) is 4.41. The number of fused-ring (bicyclic) bond motifs is 1.